The molecular formula is C10H7ClF3IO. The fraction of sp³-hybridized carbons (Fsp3) is 0.300. The van der Waals surface area contributed by atoms with Gasteiger partial charge < -0.3 is 0 Å². The van der Waals surface area contributed by atoms with E-state index in [-0.39, 0.29) is 9.13 Å². The van der Waals surface area contributed by atoms with Gasteiger partial charge >= 0.3 is 6.18 Å². The summed E-state index contributed by atoms with van der Waals surface area (Å²) >= 11 is 6.87. The Balaban J connectivity index is 3.52. The number of alkyl halides is 4. The van der Waals surface area contributed by atoms with Crippen LogP contribution in [0.25, 0.3) is 0 Å². The molecule has 0 amide bonds. The number of aryl methyl sites for hydroxylation is 1. The second kappa shape index (κ2) is 4.91. The Morgan fingerprint density at radius 3 is 2.44 bits per heavy atom. The first-order valence-corrected chi connectivity index (χ1v) is 5.85. The Kier molecular flexibility index (Phi) is 4.23. The van der Waals surface area contributed by atoms with E-state index in [1.54, 1.807) is 29.5 Å². The van der Waals surface area contributed by atoms with E-state index in [0.717, 1.165) is 0 Å². The second-order valence-corrected chi connectivity index (χ2v) is 4.52. The molecule has 16 heavy (non-hydrogen) atoms. The van der Waals surface area contributed by atoms with Crippen LogP contribution >= 0.6 is 34.2 Å². The highest BCUT2D eigenvalue weighted by Crippen LogP contribution is 2.37. The topological polar surface area (TPSA) is 17.1 Å². The van der Waals surface area contributed by atoms with Gasteiger partial charge in [0.05, 0.1) is 11.4 Å². The Hall–Kier alpha value is -0.300. The number of Topliss-reactive ketones (excluding diaryl/α,β-unsaturated/α-hetero) is 1. The lowest BCUT2D eigenvalue weighted by Crippen LogP contribution is -2.16. The zero-order chi connectivity index (χ0) is 12.5. The van der Waals surface area contributed by atoms with E-state index < -0.39 is 23.4 Å². The van der Waals surface area contributed by atoms with Gasteiger partial charge in [0.2, 0.25) is 0 Å². The first-order chi connectivity index (χ1) is 7.29. The largest absolute Gasteiger partial charge is 0.418 e. The van der Waals surface area contributed by atoms with Crippen LogP contribution < -0.4 is 0 Å². The van der Waals surface area contributed by atoms with Crippen LogP contribution in [0, 0.1) is 10.5 Å². The molecule has 0 aromatic heterocycles. The lowest BCUT2D eigenvalue weighted by molar-refractivity contribution is -0.138. The van der Waals surface area contributed by atoms with Crippen LogP contribution in [0.2, 0.25) is 0 Å². The number of hydrogen-bond donors (Lipinski definition) is 0. The number of hydrogen-bond acceptors (Lipinski definition) is 1. The molecule has 0 atom stereocenters. The summed E-state index contributed by atoms with van der Waals surface area (Å²) in [7, 11) is 0. The molecule has 0 unspecified atom stereocenters. The van der Waals surface area contributed by atoms with Gasteiger partial charge in [-0.3, -0.25) is 4.79 Å². The molecule has 0 aliphatic carbocycles. The van der Waals surface area contributed by atoms with Gasteiger partial charge in [-0.2, -0.15) is 13.2 Å². The highest BCUT2D eigenvalue weighted by molar-refractivity contribution is 14.1. The molecule has 0 bridgehead atoms. The molecule has 1 rings (SSSR count). The summed E-state index contributed by atoms with van der Waals surface area (Å²) in [6.07, 6.45) is -4.54. The molecule has 6 heteroatoms. The third-order valence-corrected chi connectivity index (χ3v) is 3.67. The first-order valence-electron chi connectivity index (χ1n) is 4.24. The maximum absolute atomic E-state index is 12.8. The zero-order valence-electron chi connectivity index (χ0n) is 8.16. The Morgan fingerprint density at radius 1 is 1.44 bits per heavy atom. The minimum atomic E-state index is -4.54. The third kappa shape index (κ3) is 2.68. The van der Waals surface area contributed by atoms with Gasteiger partial charge in [-0.25, -0.2) is 0 Å². The van der Waals surface area contributed by atoms with E-state index in [4.69, 9.17) is 11.6 Å². The van der Waals surface area contributed by atoms with E-state index in [1.165, 1.54) is 12.1 Å². The number of carbonyl (C=O) groups is 1. The van der Waals surface area contributed by atoms with Crippen LogP contribution in [0.4, 0.5) is 13.2 Å². The summed E-state index contributed by atoms with van der Waals surface area (Å²) in [4.78, 5) is 11.3. The molecule has 1 aromatic rings. The Bertz CT molecular complexity index is 429. The SMILES string of the molecule is Cc1ccc(C(=O)CCl)c(C(F)(F)F)c1I. The van der Waals surface area contributed by atoms with Gasteiger partial charge in [0, 0.05) is 9.13 Å². The smallest absolute Gasteiger partial charge is 0.293 e. The van der Waals surface area contributed by atoms with Crippen LogP contribution in [0.5, 0.6) is 0 Å². The van der Waals surface area contributed by atoms with Gasteiger partial charge in [-0.15, -0.1) is 11.6 Å². The third-order valence-electron chi connectivity index (χ3n) is 2.04. The summed E-state index contributed by atoms with van der Waals surface area (Å²) in [5, 5.41) is 0. The van der Waals surface area contributed by atoms with Crippen molar-refractivity contribution < 1.29 is 18.0 Å². The minimum Gasteiger partial charge on any atom is -0.293 e. The molecule has 0 aliphatic heterocycles. The molecule has 0 fully saturated rings. The molecular weight excluding hydrogens is 355 g/mol. The van der Waals surface area contributed by atoms with Crippen molar-refractivity contribution in [3.8, 4) is 0 Å². The molecule has 0 saturated carbocycles. The summed E-state index contributed by atoms with van der Waals surface area (Å²) in [5.41, 5.74) is -0.768. The number of benzene rings is 1. The summed E-state index contributed by atoms with van der Waals surface area (Å²) in [5.74, 6) is -1.17. The minimum absolute atomic E-state index is 0.0427. The molecule has 1 nitrogen and oxygen atoms in total. The van der Waals surface area contributed by atoms with Crippen molar-refractivity contribution in [2.75, 3.05) is 5.88 Å². The van der Waals surface area contributed by atoms with Crippen molar-refractivity contribution in [3.05, 3.63) is 32.4 Å². The predicted molar refractivity (Wildman–Crippen MR) is 63.9 cm³/mol. The highest BCUT2D eigenvalue weighted by atomic mass is 127. The lowest BCUT2D eigenvalue weighted by Gasteiger charge is -2.15. The van der Waals surface area contributed by atoms with Gasteiger partial charge in [0.1, 0.15) is 0 Å². The van der Waals surface area contributed by atoms with Crippen molar-refractivity contribution in [2.24, 2.45) is 0 Å². The molecule has 0 heterocycles. The van der Waals surface area contributed by atoms with Gasteiger partial charge in [-0.05, 0) is 35.1 Å². The number of halogens is 5. The van der Waals surface area contributed by atoms with Crippen LogP contribution in [-0.4, -0.2) is 11.7 Å². The van der Waals surface area contributed by atoms with E-state index in [2.05, 4.69) is 0 Å². The monoisotopic (exact) mass is 362 g/mol. The standard InChI is InChI=1S/C10H7ClF3IO/c1-5-2-3-6(7(16)4-11)8(9(5)15)10(12,13)14/h2-3H,4H2,1H3. The molecule has 0 aliphatic rings. The number of rotatable bonds is 2. The lowest BCUT2D eigenvalue weighted by atomic mass is 10.0. The highest BCUT2D eigenvalue weighted by Gasteiger charge is 2.37. The van der Waals surface area contributed by atoms with E-state index in [0.29, 0.717) is 5.56 Å². The van der Waals surface area contributed by atoms with E-state index >= 15 is 0 Å². The maximum Gasteiger partial charge on any atom is 0.418 e. The fourth-order valence-electron chi connectivity index (χ4n) is 1.26. The zero-order valence-corrected chi connectivity index (χ0v) is 11.1. The van der Waals surface area contributed by atoms with E-state index in [1.807, 2.05) is 0 Å². The maximum atomic E-state index is 12.8. The summed E-state index contributed by atoms with van der Waals surface area (Å²) < 4.78 is 38.4. The molecule has 0 radical (unpaired) electrons. The first kappa shape index (κ1) is 13.8. The molecule has 0 spiro atoms. The van der Waals surface area contributed by atoms with Gasteiger partial charge in [0.25, 0.3) is 0 Å². The Labute approximate surface area is 109 Å². The van der Waals surface area contributed by atoms with Crippen molar-refractivity contribution in [1.82, 2.24) is 0 Å². The number of ketones is 1. The van der Waals surface area contributed by atoms with Gasteiger partial charge in [0.15, 0.2) is 5.78 Å². The average Bonchev–Trinajstić information content (AvgIpc) is 2.18. The second-order valence-electron chi connectivity index (χ2n) is 3.17. The normalized spacial score (nSPS) is 11.6. The predicted octanol–water partition coefficient (Wildman–Crippen LogP) is 4.04. The number of carbonyl (C=O) groups excluding carboxylic acids is 1. The van der Waals surface area contributed by atoms with Crippen molar-refractivity contribution >= 4 is 40.0 Å². The van der Waals surface area contributed by atoms with Crippen molar-refractivity contribution in [3.63, 3.8) is 0 Å². The molecule has 88 valence electrons. The van der Waals surface area contributed by atoms with Crippen molar-refractivity contribution in [1.29, 1.82) is 0 Å². The fourth-order valence-corrected chi connectivity index (χ4v) is 2.18. The molecule has 0 saturated heterocycles. The summed E-state index contributed by atoms with van der Waals surface area (Å²) in [6.45, 7) is 1.56. The quantitative estimate of drug-likeness (QED) is 0.441. The van der Waals surface area contributed by atoms with Crippen LogP contribution in [-0.2, 0) is 6.18 Å². The summed E-state index contributed by atoms with van der Waals surface area (Å²) in [6, 6.07) is 2.65. The van der Waals surface area contributed by atoms with Gasteiger partial charge in [-0.1, -0.05) is 12.1 Å². The van der Waals surface area contributed by atoms with Crippen LogP contribution in [0.3, 0.4) is 0 Å². The molecule has 0 N–H and O–H groups in total. The Morgan fingerprint density at radius 2 is 2.00 bits per heavy atom. The van der Waals surface area contributed by atoms with E-state index in [9.17, 15) is 18.0 Å². The van der Waals surface area contributed by atoms with Crippen LogP contribution in [0.15, 0.2) is 12.1 Å². The molecule has 1 aromatic carbocycles. The van der Waals surface area contributed by atoms with Crippen LogP contribution in [0.1, 0.15) is 21.5 Å². The van der Waals surface area contributed by atoms with Crippen molar-refractivity contribution in [2.45, 2.75) is 13.1 Å². The average molecular weight is 363 g/mol.